The average Bonchev–Trinajstić information content (AvgIpc) is 2.15. The zero-order valence-electron chi connectivity index (χ0n) is 7.14. The molecule has 1 unspecified atom stereocenters. The fourth-order valence-electron chi connectivity index (χ4n) is 0.852. The minimum absolute atomic E-state index is 0.135. The predicted molar refractivity (Wildman–Crippen MR) is 47.6 cm³/mol. The molecule has 1 rings (SSSR count). The van der Waals surface area contributed by atoms with Crippen molar-refractivity contribution in [1.29, 1.82) is 0 Å². The topological polar surface area (TPSA) is 55.8 Å². The smallest absolute Gasteiger partial charge is 0.497 e. The van der Waals surface area contributed by atoms with Gasteiger partial charge in [0.05, 0.1) is 7.11 Å². The molecule has 0 amide bonds. The molecule has 4 nitrogen and oxygen atoms in total. The summed E-state index contributed by atoms with van der Waals surface area (Å²) in [5, 5.41) is 0. The summed E-state index contributed by atoms with van der Waals surface area (Å²) >= 11 is 0. The summed E-state index contributed by atoms with van der Waals surface area (Å²) in [5.74, 6) is 0.747. The number of ether oxygens (including phenoxy) is 1. The quantitative estimate of drug-likeness (QED) is 0.755. The van der Waals surface area contributed by atoms with Crippen molar-refractivity contribution < 1.29 is 18.7 Å². The molecule has 0 aliphatic rings. The van der Waals surface area contributed by atoms with Gasteiger partial charge < -0.3 is 4.74 Å². The highest BCUT2D eigenvalue weighted by atomic mass is 31.1. The minimum atomic E-state index is -2.52. The maximum atomic E-state index is 10.2. The molecule has 1 atom stereocenters. The maximum absolute atomic E-state index is 10.2. The lowest BCUT2D eigenvalue weighted by Crippen LogP contribution is -1.87. The van der Waals surface area contributed by atoms with Crippen LogP contribution in [-0.4, -0.2) is 12.0 Å². The van der Waals surface area contributed by atoms with Gasteiger partial charge in [-0.05, 0) is 17.7 Å². The van der Waals surface area contributed by atoms with Crippen molar-refractivity contribution in [2.75, 3.05) is 7.11 Å². The number of methoxy groups -OCH3 is 1. The van der Waals surface area contributed by atoms with Crippen LogP contribution in [0.15, 0.2) is 24.3 Å². The Bertz CT molecular complexity index is 283. The standard InChI is InChI=1S/C8H9O4P/c1-11-8-4-2-7(3-5-8)6-12-13(9)10/h2-5H,6H2,1H3/p+1. The monoisotopic (exact) mass is 201 g/mol. The lowest BCUT2D eigenvalue weighted by Gasteiger charge is -1.99. The van der Waals surface area contributed by atoms with Crippen LogP contribution in [0.2, 0.25) is 0 Å². The summed E-state index contributed by atoms with van der Waals surface area (Å²) in [6.45, 7) is 0.135. The fourth-order valence-corrected chi connectivity index (χ4v) is 1.11. The second kappa shape index (κ2) is 4.92. The summed E-state index contributed by atoms with van der Waals surface area (Å²) < 4.78 is 19.7. The van der Waals surface area contributed by atoms with Gasteiger partial charge in [0.25, 0.3) is 0 Å². The Morgan fingerprint density at radius 2 is 2.00 bits per heavy atom. The van der Waals surface area contributed by atoms with Gasteiger partial charge in [0, 0.05) is 4.57 Å². The van der Waals surface area contributed by atoms with E-state index in [0.29, 0.717) is 0 Å². The van der Waals surface area contributed by atoms with Crippen molar-refractivity contribution in [2.45, 2.75) is 6.61 Å². The highest BCUT2D eigenvalue weighted by Gasteiger charge is 2.11. The third-order valence-corrected chi connectivity index (χ3v) is 1.85. The Morgan fingerprint density at radius 3 is 2.46 bits per heavy atom. The van der Waals surface area contributed by atoms with E-state index in [4.69, 9.17) is 9.63 Å². The molecule has 0 radical (unpaired) electrons. The number of hydrogen-bond donors (Lipinski definition) is 1. The van der Waals surface area contributed by atoms with E-state index in [1.54, 1.807) is 31.4 Å². The number of benzene rings is 1. The Morgan fingerprint density at radius 1 is 1.38 bits per heavy atom. The molecular weight excluding hydrogens is 191 g/mol. The van der Waals surface area contributed by atoms with Gasteiger partial charge >= 0.3 is 8.25 Å². The van der Waals surface area contributed by atoms with E-state index in [0.717, 1.165) is 11.3 Å². The predicted octanol–water partition coefficient (Wildman–Crippen LogP) is 1.86. The first-order valence-corrected chi connectivity index (χ1v) is 4.77. The molecule has 1 aromatic carbocycles. The largest absolute Gasteiger partial charge is 0.695 e. The van der Waals surface area contributed by atoms with Crippen LogP contribution in [0.1, 0.15) is 5.56 Å². The first-order chi connectivity index (χ1) is 6.22. The van der Waals surface area contributed by atoms with Gasteiger partial charge in [-0.25, -0.2) is 0 Å². The van der Waals surface area contributed by atoms with Gasteiger partial charge in [-0.15, -0.1) is 9.42 Å². The van der Waals surface area contributed by atoms with Crippen molar-refractivity contribution >= 4 is 8.25 Å². The molecule has 0 saturated heterocycles. The normalized spacial score (nSPS) is 11.1. The minimum Gasteiger partial charge on any atom is -0.497 e. The van der Waals surface area contributed by atoms with Gasteiger partial charge in [-0.3, -0.25) is 0 Å². The molecule has 13 heavy (non-hydrogen) atoms. The maximum Gasteiger partial charge on any atom is 0.695 e. The molecule has 1 N–H and O–H groups in total. The van der Waals surface area contributed by atoms with Crippen LogP contribution in [0.3, 0.4) is 0 Å². The van der Waals surface area contributed by atoms with Crippen molar-refractivity contribution in [2.24, 2.45) is 0 Å². The van der Waals surface area contributed by atoms with Crippen molar-refractivity contribution in [1.82, 2.24) is 0 Å². The third-order valence-electron chi connectivity index (χ3n) is 1.50. The van der Waals surface area contributed by atoms with E-state index >= 15 is 0 Å². The Hall–Kier alpha value is -0.960. The highest BCUT2D eigenvalue weighted by molar-refractivity contribution is 7.32. The van der Waals surface area contributed by atoms with Crippen LogP contribution in [0.4, 0.5) is 0 Å². The van der Waals surface area contributed by atoms with Crippen molar-refractivity contribution in [3.05, 3.63) is 29.8 Å². The van der Waals surface area contributed by atoms with Crippen LogP contribution in [0.5, 0.6) is 5.75 Å². The SMILES string of the molecule is COc1ccc(CO[P+](=O)O)cc1. The van der Waals surface area contributed by atoms with Gasteiger partial charge in [0.1, 0.15) is 12.4 Å². The Kier molecular flexibility index (Phi) is 3.83. The second-order valence-corrected chi connectivity index (χ2v) is 3.09. The van der Waals surface area contributed by atoms with Gasteiger partial charge in [0.15, 0.2) is 0 Å². The van der Waals surface area contributed by atoms with Crippen LogP contribution >= 0.6 is 8.25 Å². The lowest BCUT2D eigenvalue weighted by molar-refractivity contribution is 0.272. The molecular formula is C8H10O4P+. The summed E-state index contributed by atoms with van der Waals surface area (Å²) in [6.07, 6.45) is 0. The van der Waals surface area contributed by atoms with E-state index in [9.17, 15) is 4.57 Å². The van der Waals surface area contributed by atoms with Crippen molar-refractivity contribution in [3.63, 3.8) is 0 Å². The molecule has 70 valence electrons. The third kappa shape index (κ3) is 3.51. The molecule has 0 saturated carbocycles. The van der Waals surface area contributed by atoms with Gasteiger partial charge in [-0.2, -0.15) is 0 Å². The van der Waals surface area contributed by atoms with E-state index < -0.39 is 8.25 Å². The van der Waals surface area contributed by atoms with E-state index in [-0.39, 0.29) is 6.61 Å². The highest BCUT2D eigenvalue weighted by Crippen LogP contribution is 2.19. The summed E-state index contributed by atoms with van der Waals surface area (Å²) in [6, 6.07) is 7.08. The first kappa shape index (κ1) is 10.1. The van der Waals surface area contributed by atoms with Crippen molar-refractivity contribution in [3.8, 4) is 5.75 Å². The van der Waals surface area contributed by atoms with Gasteiger partial charge in [-0.1, -0.05) is 12.1 Å². The van der Waals surface area contributed by atoms with Crippen LogP contribution in [-0.2, 0) is 15.7 Å². The zero-order chi connectivity index (χ0) is 9.68. The van der Waals surface area contributed by atoms with Crippen LogP contribution < -0.4 is 4.74 Å². The summed E-state index contributed by atoms with van der Waals surface area (Å²) in [5.41, 5.74) is 0.832. The summed E-state index contributed by atoms with van der Waals surface area (Å²) in [7, 11) is -0.937. The molecule has 0 spiro atoms. The van der Waals surface area contributed by atoms with Crippen LogP contribution in [0.25, 0.3) is 0 Å². The Balaban J connectivity index is 2.54. The van der Waals surface area contributed by atoms with Crippen LogP contribution in [0, 0.1) is 0 Å². The molecule has 5 heteroatoms. The molecule has 0 aromatic heterocycles. The fraction of sp³-hybridized carbons (Fsp3) is 0.250. The molecule has 0 heterocycles. The molecule has 0 bridgehead atoms. The first-order valence-electron chi connectivity index (χ1n) is 3.64. The lowest BCUT2D eigenvalue weighted by atomic mass is 10.2. The molecule has 0 aliphatic carbocycles. The molecule has 1 aromatic rings. The molecule has 0 fully saturated rings. The molecule has 0 aliphatic heterocycles. The second-order valence-electron chi connectivity index (χ2n) is 2.36. The average molecular weight is 201 g/mol. The summed E-state index contributed by atoms with van der Waals surface area (Å²) in [4.78, 5) is 8.38. The number of hydrogen-bond acceptors (Lipinski definition) is 3. The van der Waals surface area contributed by atoms with Gasteiger partial charge in [0.2, 0.25) is 0 Å². The van der Waals surface area contributed by atoms with E-state index in [2.05, 4.69) is 4.52 Å². The number of rotatable bonds is 4. The zero-order valence-corrected chi connectivity index (χ0v) is 8.03. The van der Waals surface area contributed by atoms with E-state index in [1.165, 1.54) is 0 Å². The van der Waals surface area contributed by atoms with E-state index in [1.807, 2.05) is 0 Å². The Labute approximate surface area is 77.1 Å².